The van der Waals surface area contributed by atoms with Crippen molar-refractivity contribution in [2.24, 2.45) is 0 Å². The van der Waals surface area contributed by atoms with Crippen LogP contribution in [0.5, 0.6) is 0 Å². The molecule has 1 aromatic carbocycles. The normalized spacial score (nSPS) is 15.8. The number of benzene rings is 1. The molecule has 1 saturated carbocycles. The third kappa shape index (κ3) is 3.12. The first-order valence-corrected chi connectivity index (χ1v) is 6.38. The maximum Gasteiger partial charge on any atom is 0.326 e. The molecule has 0 saturated heterocycles. The van der Waals surface area contributed by atoms with E-state index in [0.29, 0.717) is 6.07 Å². The number of hydrogen-bond donors (Lipinski definition) is 1. The predicted octanol–water partition coefficient (Wildman–Crippen LogP) is 1.97. The van der Waals surface area contributed by atoms with E-state index in [0.717, 1.165) is 18.9 Å². The number of nitrogens with zero attached hydrogens (tertiary/aromatic N) is 1. The van der Waals surface area contributed by atoms with Gasteiger partial charge in [0.05, 0.1) is 6.42 Å². The fourth-order valence-corrected chi connectivity index (χ4v) is 2.13. The van der Waals surface area contributed by atoms with Crippen molar-refractivity contribution in [2.75, 3.05) is 0 Å². The topological polar surface area (TPSA) is 57.6 Å². The molecule has 0 heterocycles. The molecule has 1 aliphatic rings. The van der Waals surface area contributed by atoms with Gasteiger partial charge < -0.3 is 10.0 Å². The second-order valence-corrected chi connectivity index (χ2v) is 4.96. The number of rotatable bonds is 5. The molecule has 0 spiro atoms. The fraction of sp³-hybridized carbons (Fsp3) is 0.429. The molecule has 0 radical (unpaired) electrons. The highest BCUT2D eigenvalue weighted by molar-refractivity contribution is 5.85. The zero-order chi connectivity index (χ0) is 14.9. The van der Waals surface area contributed by atoms with Crippen molar-refractivity contribution in [1.82, 2.24) is 4.90 Å². The van der Waals surface area contributed by atoms with Crippen LogP contribution in [0.4, 0.5) is 8.78 Å². The number of carboxylic acid groups (broad SMARTS) is 1. The standard InChI is InChI=1S/C14H15F2NO3/c1-8(14(19)20)17(11-4-5-11)13(18)6-9-2-3-10(15)7-12(9)16/h2-3,7-8,11H,4-6H2,1H3,(H,19,20). The molecule has 1 amide bonds. The maximum absolute atomic E-state index is 13.5. The molecule has 1 atom stereocenters. The zero-order valence-corrected chi connectivity index (χ0v) is 11.0. The maximum atomic E-state index is 13.5. The lowest BCUT2D eigenvalue weighted by Crippen LogP contribution is -2.45. The van der Waals surface area contributed by atoms with Crippen molar-refractivity contribution < 1.29 is 23.5 Å². The van der Waals surface area contributed by atoms with Crippen molar-refractivity contribution in [3.63, 3.8) is 0 Å². The fourth-order valence-electron chi connectivity index (χ4n) is 2.13. The van der Waals surface area contributed by atoms with E-state index in [9.17, 15) is 18.4 Å². The molecule has 108 valence electrons. The van der Waals surface area contributed by atoms with Gasteiger partial charge >= 0.3 is 5.97 Å². The number of amides is 1. The summed E-state index contributed by atoms with van der Waals surface area (Å²) in [6, 6.07) is 1.97. The first-order valence-electron chi connectivity index (χ1n) is 6.38. The van der Waals surface area contributed by atoms with E-state index in [2.05, 4.69) is 0 Å². The van der Waals surface area contributed by atoms with Crippen LogP contribution in [0, 0.1) is 11.6 Å². The summed E-state index contributed by atoms with van der Waals surface area (Å²) in [5.41, 5.74) is 0.0691. The number of aliphatic carboxylic acids is 1. The smallest absolute Gasteiger partial charge is 0.326 e. The number of carbonyl (C=O) groups is 2. The SMILES string of the molecule is CC(C(=O)O)N(C(=O)Cc1ccc(F)cc1F)C1CC1. The van der Waals surface area contributed by atoms with Gasteiger partial charge in [-0.2, -0.15) is 0 Å². The van der Waals surface area contributed by atoms with Crippen LogP contribution >= 0.6 is 0 Å². The average molecular weight is 283 g/mol. The zero-order valence-electron chi connectivity index (χ0n) is 11.0. The Hall–Kier alpha value is -1.98. The lowest BCUT2D eigenvalue weighted by Gasteiger charge is -2.26. The molecule has 1 fully saturated rings. The van der Waals surface area contributed by atoms with Gasteiger partial charge in [-0.05, 0) is 31.4 Å². The molecule has 20 heavy (non-hydrogen) atoms. The summed E-state index contributed by atoms with van der Waals surface area (Å²) in [5, 5.41) is 9.02. The summed E-state index contributed by atoms with van der Waals surface area (Å²) in [6.45, 7) is 1.43. The molecule has 2 rings (SSSR count). The van der Waals surface area contributed by atoms with E-state index in [-0.39, 0.29) is 18.0 Å². The van der Waals surface area contributed by atoms with Crippen LogP contribution in [0.15, 0.2) is 18.2 Å². The number of carboxylic acids is 1. The second kappa shape index (κ2) is 5.56. The summed E-state index contributed by atoms with van der Waals surface area (Å²) in [6.07, 6.45) is 1.25. The van der Waals surface area contributed by atoms with E-state index in [4.69, 9.17) is 5.11 Å². The van der Waals surface area contributed by atoms with Gasteiger partial charge in [0, 0.05) is 12.1 Å². The highest BCUT2D eigenvalue weighted by Gasteiger charge is 2.38. The Kier molecular flexibility index (Phi) is 4.01. The molecule has 1 aliphatic carbocycles. The quantitative estimate of drug-likeness (QED) is 0.899. The number of halogens is 2. The molecule has 4 nitrogen and oxygen atoms in total. The minimum Gasteiger partial charge on any atom is -0.480 e. The van der Waals surface area contributed by atoms with Crippen molar-refractivity contribution in [3.8, 4) is 0 Å². The Bertz CT molecular complexity index is 543. The van der Waals surface area contributed by atoms with E-state index >= 15 is 0 Å². The first-order chi connectivity index (χ1) is 9.40. The number of carbonyl (C=O) groups excluding carboxylic acids is 1. The Balaban J connectivity index is 2.14. The van der Waals surface area contributed by atoms with E-state index in [1.54, 1.807) is 0 Å². The van der Waals surface area contributed by atoms with Crippen molar-refractivity contribution in [1.29, 1.82) is 0 Å². The highest BCUT2D eigenvalue weighted by atomic mass is 19.1. The average Bonchev–Trinajstić information content (AvgIpc) is 3.17. The predicted molar refractivity (Wildman–Crippen MR) is 67.0 cm³/mol. The van der Waals surface area contributed by atoms with Crippen LogP contribution in [-0.4, -0.2) is 34.0 Å². The molecule has 1 N–H and O–H groups in total. The largest absolute Gasteiger partial charge is 0.480 e. The van der Waals surface area contributed by atoms with Gasteiger partial charge in [0.25, 0.3) is 0 Å². The molecule has 0 aliphatic heterocycles. The first kappa shape index (κ1) is 14.4. The van der Waals surface area contributed by atoms with Crippen LogP contribution in [0.3, 0.4) is 0 Å². The summed E-state index contributed by atoms with van der Waals surface area (Å²) in [5.74, 6) is -3.05. The molecular formula is C14H15F2NO3. The Labute approximate surface area is 115 Å². The van der Waals surface area contributed by atoms with Crippen molar-refractivity contribution >= 4 is 11.9 Å². The van der Waals surface area contributed by atoms with Gasteiger partial charge in [0.1, 0.15) is 17.7 Å². The van der Waals surface area contributed by atoms with E-state index < -0.39 is 29.6 Å². The van der Waals surface area contributed by atoms with E-state index in [1.165, 1.54) is 17.9 Å². The monoisotopic (exact) mass is 283 g/mol. The molecule has 1 unspecified atom stereocenters. The van der Waals surface area contributed by atoms with Crippen LogP contribution in [-0.2, 0) is 16.0 Å². The van der Waals surface area contributed by atoms with Gasteiger partial charge in [-0.15, -0.1) is 0 Å². The third-order valence-corrected chi connectivity index (χ3v) is 3.36. The van der Waals surface area contributed by atoms with Crippen molar-refractivity contribution in [3.05, 3.63) is 35.4 Å². The van der Waals surface area contributed by atoms with Crippen LogP contribution < -0.4 is 0 Å². The second-order valence-electron chi connectivity index (χ2n) is 4.96. The van der Waals surface area contributed by atoms with Gasteiger partial charge in [-0.3, -0.25) is 4.79 Å². The van der Waals surface area contributed by atoms with Crippen molar-refractivity contribution in [2.45, 2.75) is 38.3 Å². The molecular weight excluding hydrogens is 268 g/mol. The summed E-state index contributed by atoms with van der Waals surface area (Å²) in [7, 11) is 0. The number of hydrogen-bond acceptors (Lipinski definition) is 2. The van der Waals surface area contributed by atoms with Gasteiger partial charge in [0.15, 0.2) is 0 Å². The molecule has 0 aromatic heterocycles. The Morgan fingerprint density at radius 2 is 2.05 bits per heavy atom. The van der Waals surface area contributed by atoms with E-state index in [1.807, 2.05) is 0 Å². The minimum absolute atomic E-state index is 0.0691. The molecule has 0 bridgehead atoms. The van der Waals surface area contributed by atoms with Crippen LogP contribution in [0.25, 0.3) is 0 Å². The van der Waals surface area contributed by atoms with Gasteiger partial charge in [-0.1, -0.05) is 6.07 Å². The lowest BCUT2D eigenvalue weighted by molar-refractivity contribution is -0.149. The van der Waals surface area contributed by atoms with Crippen LogP contribution in [0.1, 0.15) is 25.3 Å². The lowest BCUT2D eigenvalue weighted by atomic mass is 10.1. The molecule has 6 heteroatoms. The molecule has 1 aromatic rings. The summed E-state index contributed by atoms with van der Waals surface area (Å²) < 4.78 is 26.3. The summed E-state index contributed by atoms with van der Waals surface area (Å²) >= 11 is 0. The minimum atomic E-state index is -1.09. The Morgan fingerprint density at radius 3 is 2.55 bits per heavy atom. The van der Waals surface area contributed by atoms with Gasteiger partial charge in [-0.25, -0.2) is 13.6 Å². The highest BCUT2D eigenvalue weighted by Crippen LogP contribution is 2.29. The Morgan fingerprint density at radius 1 is 1.40 bits per heavy atom. The third-order valence-electron chi connectivity index (χ3n) is 3.36. The van der Waals surface area contributed by atoms with Gasteiger partial charge in [0.2, 0.25) is 5.91 Å². The van der Waals surface area contributed by atoms with Crippen LogP contribution in [0.2, 0.25) is 0 Å². The summed E-state index contributed by atoms with van der Waals surface area (Å²) in [4.78, 5) is 24.5.